The maximum atomic E-state index is 14.7. The lowest BCUT2D eigenvalue weighted by molar-refractivity contribution is -0.277. The van der Waals surface area contributed by atoms with Crippen LogP contribution >= 0.6 is 47.8 Å². The third-order valence-electron chi connectivity index (χ3n) is 13.9. The topological polar surface area (TPSA) is 166 Å². The maximum absolute atomic E-state index is 14.7. The lowest BCUT2D eigenvalue weighted by atomic mass is 10.1. The van der Waals surface area contributed by atoms with E-state index in [2.05, 4.69) is 98.8 Å². The second-order valence-corrected chi connectivity index (χ2v) is 25.0. The van der Waals surface area contributed by atoms with Crippen molar-refractivity contribution in [1.82, 2.24) is 34.5 Å². The first kappa shape index (κ1) is 74.9. The molecule has 2 aromatic carbocycles. The summed E-state index contributed by atoms with van der Waals surface area (Å²) in [6.45, 7) is 17.5. The molecule has 9 aromatic rings. The molecular weight excluding hydrogens is 1490 g/mol. The fourth-order valence-corrected chi connectivity index (χ4v) is 10.4. The van der Waals surface area contributed by atoms with Crippen LogP contribution in [0.5, 0.6) is 17.6 Å². The number of aromatic nitrogens is 7. The lowest BCUT2D eigenvalue weighted by Gasteiger charge is -2.31. The average molecular weight is 1550 g/mol. The van der Waals surface area contributed by atoms with Crippen molar-refractivity contribution in [3.8, 4) is 40.2 Å². The summed E-state index contributed by atoms with van der Waals surface area (Å²) < 4.78 is 188. The smallest absolute Gasteiger partial charge is 0.443 e. The van der Waals surface area contributed by atoms with Crippen molar-refractivity contribution in [3.63, 3.8) is 0 Å². The molecule has 0 aliphatic carbocycles. The van der Waals surface area contributed by atoms with Crippen LogP contribution in [0.2, 0.25) is 0 Å². The van der Waals surface area contributed by atoms with Gasteiger partial charge in [-0.2, -0.15) is 0 Å². The number of nitrogens with one attached hydrogen (secondary N) is 2. The predicted octanol–water partition coefficient (Wildman–Crippen LogP) is 18.5. The van der Waals surface area contributed by atoms with Gasteiger partial charge in [-0.3, -0.25) is 9.78 Å². The van der Waals surface area contributed by atoms with Gasteiger partial charge in [0.2, 0.25) is 23.2 Å². The van der Waals surface area contributed by atoms with Gasteiger partial charge in [0.05, 0.1) is 46.3 Å². The molecule has 0 spiro atoms. The van der Waals surface area contributed by atoms with Crippen LogP contribution in [-0.2, 0) is 30.7 Å². The molecular formula is C65H59Br3F13N9O6. The van der Waals surface area contributed by atoms with E-state index in [1.54, 1.807) is 59.9 Å². The number of nitrogens with zero attached hydrogens (tertiary/aromatic N) is 7. The highest BCUT2D eigenvalue weighted by Gasteiger charge is 2.36. The number of rotatable bonds is 7. The van der Waals surface area contributed by atoms with Gasteiger partial charge in [0, 0.05) is 112 Å². The second-order valence-electron chi connectivity index (χ2n) is 22.5. The molecule has 2 N–H and O–H groups in total. The highest BCUT2D eigenvalue weighted by molar-refractivity contribution is 9.11. The van der Waals surface area contributed by atoms with Crippen molar-refractivity contribution in [3.05, 3.63) is 213 Å². The summed E-state index contributed by atoms with van der Waals surface area (Å²) in [6.07, 6.45) is -6.87. The molecule has 15 nitrogen and oxygen atoms in total. The van der Waals surface area contributed by atoms with Crippen LogP contribution in [0.4, 0.5) is 73.2 Å². The number of fused-ring (bicyclic) bond motifs is 2. The van der Waals surface area contributed by atoms with Crippen LogP contribution in [0.3, 0.4) is 0 Å². The summed E-state index contributed by atoms with van der Waals surface area (Å²) in [5.41, 5.74) is 8.14. The van der Waals surface area contributed by atoms with Gasteiger partial charge >= 0.3 is 25.2 Å². The van der Waals surface area contributed by atoms with Gasteiger partial charge in [-0.25, -0.2) is 41.9 Å². The lowest BCUT2D eigenvalue weighted by Crippen LogP contribution is -2.34. The van der Waals surface area contributed by atoms with Gasteiger partial charge in [0.15, 0.2) is 0 Å². The molecule has 512 valence electrons. The first-order valence-electron chi connectivity index (χ1n) is 28.6. The molecule has 96 heavy (non-hydrogen) atoms. The van der Waals surface area contributed by atoms with Crippen molar-refractivity contribution in [1.29, 1.82) is 0 Å². The number of hydrogen-bond donors (Lipinski definition) is 2. The predicted molar refractivity (Wildman–Crippen MR) is 343 cm³/mol. The minimum Gasteiger partial charge on any atom is -0.443 e. The van der Waals surface area contributed by atoms with Crippen LogP contribution in [0.25, 0.3) is 22.5 Å². The number of H-pyrrole nitrogens is 2. The van der Waals surface area contributed by atoms with E-state index in [1.807, 2.05) is 35.9 Å². The van der Waals surface area contributed by atoms with E-state index in [-0.39, 0.29) is 28.9 Å². The molecule has 0 fully saturated rings. The molecule has 31 heteroatoms. The number of carbonyl (C=O) groups excluding carboxylic acids is 1. The Balaban J connectivity index is 0.000000190. The van der Waals surface area contributed by atoms with Gasteiger partial charge in [-0.1, -0.05) is 12.1 Å². The Labute approximate surface area is 566 Å². The normalized spacial score (nSPS) is 12.8. The monoisotopic (exact) mass is 1550 g/mol. The average Bonchev–Trinajstić information content (AvgIpc) is 1.61. The number of aromatic amines is 2. The largest absolute Gasteiger partial charge is 0.574 e. The van der Waals surface area contributed by atoms with Gasteiger partial charge < -0.3 is 38.7 Å². The molecule has 0 atom stereocenters. The number of ether oxygens (including phenoxy) is 4. The zero-order valence-corrected chi connectivity index (χ0v) is 57.0. The quantitative estimate of drug-likeness (QED) is 0.145. The Kier molecular flexibility index (Phi) is 24.3. The summed E-state index contributed by atoms with van der Waals surface area (Å²) in [4.78, 5) is 48.2. The molecule has 0 amide bonds. The van der Waals surface area contributed by atoms with Crippen LogP contribution in [-0.4, -0.2) is 78.3 Å². The summed E-state index contributed by atoms with van der Waals surface area (Å²) in [5.74, 6) is -4.50. The number of carbonyl (C=O) groups is 1. The fourth-order valence-electron chi connectivity index (χ4n) is 9.70. The summed E-state index contributed by atoms with van der Waals surface area (Å²) in [5, 5.41) is 0. The third-order valence-corrected chi connectivity index (χ3v) is 16.4. The molecule has 0 radical (unpaired) electrons. The van der Waals surface area contributed by atoms with Crippen molar-refractivity contribution in [2.75, 3.05) is 22.9 Å². The van der Waals surface area contributed by atoms with E-state index < -0.39 is 71.7 Å². The molecule has 0 unspecified atom stereocenters. The highest BCUT2D eigenvalue weighted by Crippen LogP contribution is 2.38. The van der Waals surface area contributed by atoms with Crippen LogP contribution < -0.4 is 29.6 Å². The van der Waals surface area contributed by atoms with Crippen LogP contribution in [0.1, 0.15) is 76.8 Å². The molecule has 9 heterocycles. The zero-order valence-electron chi connectivity index (χ0n) is 52.3. The number of alkyl halides is 9. The Bertz CT molecular complexity index is 4270. The van der Waals surface area contributed by atoms with E-state index in [0.717, 1.165) is 43.6 Å². The number of benzene rings is 2. The van der Waals surface area contributed by atoms with E-state index in [4.69, 9.17) is 4.74 Å². The van der Waals surface area contributed by atoms with Crippen molar-refractivity contribution in [2.45, 2.75) is 113 Å². The number of halogens is 16. The molecule has 0 bridgehead atoms. The van der Waals surface area contributed by atoms with Gasteiger partial charge in [-0.15, -0.1) is 39.5 Å². The summed E-state index contributed by atoms with van der Waals surface area (Å²) >= 11 is 9.74. The van der Waals surface area contributed by atoms with Crippen LogP contribution in [0.15, 0.2) is 128 Å². The molecule has 2 aliphatic heterocycles. The Hall–Kier alpha value is -8.45. The van der Waals surface area contributed by atoms with E-state index >= 15 is 0 Å². The SMILES string of the molecule is Cc1cc(=O)[nH]cc1Br.Cc1cc(C)c(Br)cn1.Cc1cc(OC(F)(F)F)ncc1Br.Cc1cc(OC(F)(F)F)ncc1N1CCc2[nH]c(-c3c(F)cccc3F)cc2C1.Cc1cc(OC(F)(F)F)ncc1N1CCc2c(cc(-c3c(F)cccc3F)n2C(=O)OC(C)(C)C)C1. The highest BCUT2D eigenvalue weighted by atomic mass is 79.9. The number of pyridine rings is 5. The minimum absolute atomic E-state index is 0.0236. The first-order valence-corrected chi connectivity index (χ1v) is 30.9. The van der Waals surface area contributed by atoms with Gasteiger partial charge in [0.1, 0.15) is 28.9 Å². The van der Waals surface area contributed by atoms with Gasteiger partial charge in [0.25, 0.3) is 0 Å². The van der Waals surface area contributed by atoms with Gasteiger partial charge in [-0.05, 0) is 192 Å². The Morgan fingerprint density at radius 2 is 0.969 bits per heavy atom. The molecule has 0 saturated heterocycles. The van der Waals surface area contributed by atoms with E-state index in [1.165, 1.54) is 77.3 Å². The van der Waals surface area contributed by atoms with Crippen molar-refractivity contribution >= 4 is 65.3 Å². The number of aryl methyl sites for hydroxylation is 6. The first-order chi connectivity index (χ1) is 44.7. The molecule has 0 saturated carbocycles. The molecule has 7 aromatic heterocycles. The molecule has 2 aliphatic rings. The van der Waals surface area contributed by atoms with Crippen molar-refractivity contribution < 1.29 is 80.8 Å². The molecule has 11 rings (SSSR count). The second kappa shape index (κ2) is 31.2. The van der Waals surface area contributed by atoms with Crippen molar-refractivity contribution in [2.24, 2.45) is 0 Å². The van der Waals surface area contributed by atoms with Crippen LogP contribution in [0, 0.1) is 64.8 Å². The summed E-state index contributed by atoms with van der Waals surface area (Å²) in [6, 6.07) is 17.6. The maximum Gasteiger partial charge on any atom is 0.574 e. The standard InChI is InChI=1S/C25H24F5N3O3.C20H16F5N3O.C7H5BrF3NO.C7H8BrN.C6H6BrNO/c1-14-10-21(35-25(28,29)30)31-12-20(14)32-9-8-18-15(13-32)11-19(22-16(26)6-5-7-17(22)27)33(18)23(34)36-24(2,3)4;1-11-7-18(29-20(23,24)25)26-9-17(11)28-6-5-15-12(10-28)8-16(27-15)19-13(21)3-2-4-14(19)22;1-4-2-6(12-3-5(4)8)13-7(9,10)11;1-5-3-6(2)9-4-7(5)8;1-4-2-6(9)8-3-5(4)7/h5-7,10-12H,8-9,13H2,1-4H3;2-4,7-9,27H,5-6,10H2,1H3;2-3H,1H3;3-4H,1-2H3;2-3H,1H3,(H,8,9). The summed E-state index contributed by atoms with van der Waals surface area (Å²) in [7, 11) is 0. The Morgan fingerprint density at radius 1 is 0.531 bits per heavy atom. The number of hydrogen-bond acceptors (Lipinski definition) is 12. The zero-order chi connectivity index (χ0) is 70.9. The Morgan fingerprint density at radius 3 is 1.41 bits per heavy atom. The minimum atomic E-state index is -4.86. The number of anilines is 2. The van der Waals surface area contributed by atoms with E-state index in [9.17, 15) is 66.7 Å². The fraction of sp³-hybridized carbons (Fsp3) is 0.292. The third kappa shape index (κ3) is 21.0. The van der Waals surface area contributed by atoms with E-state index in [0.29, 0.717) is 82.0 Å².